The Balaban J connectivity index is 2.56. The molecular weight excluding hydrogens is 140 g/mol. The van der Waals surface area contributed by atoms with Gasteiger partial charge in [-0.2, -0.15) is 0 Å². The van der Waals surface area contributed by atoms with Crippen molar-refractivity contribution in [1.29, 1.82) is 0 Å². The van der Waals surface area contributed by atoms with Crippen LogP contribution in [0.4, 0.5) is 0 Å². The van der Waals surface area contributed by atoms with Gasteiger partial charge in [0, 0.05) is 0 Å². The molecule has 1 unspecified atom stereocenters. The van der Waals surface area contributed by atoms with Crippen LogP contribution in [-0.2, 0) is 4.74 Å². The summed E-state index contributed by atoms with van der Waals surface area (Å²) in [5.74, 6) is 0. The maximum atomic E-state index is 9.23. The zero-order valence-electron chi connectivity index (χ0n) is 6.90. The van der Waals surface area contributed by atoms with Crippen LogP contribution in [0.15, 0.2) is 24.3 Å². The summed E-state index contributed by atoms with van der Waals surface area (Å²) in [7, 11) is 0. The van der Waals surface area contributed by atoms with Crippen LogP contribution in [-0.4, -0.2) is 23.4 Å². The van der Waals surface area contributed by atoms with Gasteiger partial charge in [-0.05, 0) is 13.8 Å². The molecule has 11 heavy (non-hydrogen) atoms. The molecule has 1 N–H and O–H groups in total. The van der Waals surface area contributed by atoms with Crippen molar-refractivity contribution in [3.63, 3.8) is 0 Å². The van der Waals surface area contributed by atoms with Crippen molar-refractivity contribution in [3.8, 4) is 0 Å². The second-order valence-electron chi connectivity index (χ2n) is 2.71. The van der Waals surface area contributed by atoms with Gasteiger partial charge in [0.25, 0.3) is 0 Å². The third-order valence-corrected chi connectivity index (χ3v) is 1.73. The van der Waals surface area contributed by atoms with Crippen LogP contribution in [0.2, 0.25) is 0 Å². The number of ether oxygens (including phenoxy) is 1. The maximum Gasteiger partial charge on any atom is 0.0981 e. The van der Waals surface area contributed by atoms with Gasteiger partial charge in [0.15, 0.2) is 0 Å². The van der Waals surface area contributed by atoms with Crippen LogP contribution in [0.1, 0.15) is 13.8 Å². The van der Waals surface area contributed by atoms with E-state index in [1.165, 1.54) is 0 Å². The molecule has 0 aromatic rings. The quantitative estimate of drug-likeness (QED) is 0.576. The van der Waals surface area contributed by atoms with Gasteiger partial charge in [-0.1, -0.05) is 24.3 Å². The molecule has 0 spiro atoms. The molecule has 2 heteroatoms. The molecule has 1 heterocycles. The number of hydrogen-bond donors (Lipinski definition) is 1. The number of aliphatic hydroxyl groups is 1. The first-order chi connectivity index (χ1) is 5.24. The van der Waals surface area contributed by atoms with Crippen molar-refractivity contribution in [2.24, 2.45) is 0 Å². The van der Waals surface area contributed by atoms with E-state index in [4.69, 9.17) is 4.74 Å². The Morgan fingerprint density at radius 3 is 2.73 bits per heavy atom. The van der Waals surface area contributed by atoms with E-state index < -0.39 is 6.10 Å². The van der Waals surface area contributed by atoms with E-state index >= 15 is 0 Å². The summed E-state index contributed by atoms with van der Waals surface area (Å²) < 4.78 is 5.42. The van der Waals surface area contributed by atoms with Crippen molar-refractivity contribution in [2.75, 3.05) is 0 Å². The molecule has 1 aliphatic heterocycles. The molecule has 0 fully saturated rings. The minimum Gasteiger partial charge on any atom is -0.386 e. The van der Waals surface area contributed by atoms with Gasteiger partial charge in [0.2, 0.25) is 0 Å². The Labute approximate surface area is 67.2 Å². The van der Waals surface area contributed by atoms with Gasteiger partial charge in [0.1, 0.15) is 0 Å². The van der Waals surface area contributed by atoms with Crippen molar-refractivity contribution < 1.29 is 9.84 Å². The van der Waals surface area contributed by atoms with Crippen molar-refractivity contribution >= 4 is 0 Å². The van der Waals surface area contributed by atoms with Crippen LogP contribution < -0.4 is 0 Å². The fraction of sp³-hybridized carbons (Fsp3) is 0.556. The summed E-state index contributed by atoms with van der Waals surface area (Å²) in [6, 6.07) is 0. The highest BCUT2D eigenvalue weighted by Gasteiger charge is 2.19. The Morgan fingerprint density at radius 1 is 1.45 bits per heavy atom. The average molecular weight is 154 g/mol. The first-order valence-corrected chi connectivity index (χ1v) is 3.88. The highest BCUT2D eigenvalue weighted by Crippen LogP contribution is 2.12. The Bertz CT molecular complexity index is 172. The van der Waals surface area contributed by atoms with Gasteiger partial charge < -0.3 is 9.84 Å². The third kappa shape index (κ3) is 2.17. The lowest BCUT2D eigenvalue weighted by Crippen LogP contribution is -2.31. The molecule has 0 radical (unpaired) electrons. The molecule has 0 saturated carbocycles. The second-order valence-corrected chi connectivity index (χ2v) is 2.71. The smallest absolute Gasteiger partial charge is 0.0981 e. The molecule has 0 aliphatic carbocycles. The highest BCUT2D eigenvalue weighted by atomic mass is 16.5. The average Bonchev–Trinajstić information content (AvgIpc) is 1.98. The van der Waals surface area contributed by atoms with Gasteiger partial charge in [-0.3, -0.25) is 0 Å². The van der Waals surface area contributed by atoms with Crippen molar-refractivity contribution in [2.45, 2.75) is 32.2 Å². The van der Waals surface area contributed by atoms with E-state index in [9.17, 15) is 5.11 Å². The monoisotopic (exact) mass is 154 g/mol. The molecule has 0 aromatic carbocycles. The summed E-state index contributed by atoms with van der Waals surface area (Å²) in [6.07, 6.45) is 7.04. The maximum absolute atomic E-state index is 9.23. The molecule has 0 aromatic heterocycles. The van der Waals surface area contributed by atoms with E-state index in [2.05, 4.69) is 0 Å². The van der Waals surface area contributed by atoms with E-state index in [1.807, 2.05) is 32.1 Å². The van der Waals surface area contributed by atoms with Crippen molar-refractivity contribution in [3.05, 3.63) is 24.3 Å². The fourth-order valence-electron chi connectivity index (χ4n) is 1.05. The Morgan fingerprint density at radius 2 is 2.18 bits per heavy atom. The van der Waals surface area contributed by atoms with Crippen LogP contribution in [0.3, 0.4) is 0 Å². The molecule has 0 amide bonds. The molecule has 0 saturated heterocycles. The zero-order valence-corrected chi connectivity index (χ0v) is 6.90. The number of aliphatic hydroxyl groups excluding tert-OH is 1. The summed E-state index contributed by atoms with van der Waals surface area (Å²) in [5.41, 5.74) is 0. The molecule has 1 aliphatic rings. The largest absolute Gasteiger partial charge is 0.386 e. The van der Waals surface area contributed by atoms with Crippen LogP contribution >= 0.6 is 0 Å². The summed E-state index contributed by atoms with van der Waals surface area (Å²) in [5, 5.41) is 9.23. The van der Waals surface area contributed by atoms with Gasteiger partial charge in [0.05, 0.1) is 18.3 Å². The third-order valence-electron chi connectivity index (χ3n) is 1.73. The number of rotatable bonds is 1. The van der Waals surface area contributed by atoms with Crippen LogP contribution in [0.5, 0.6) is 0 Å². The molecule has 1 rings (SSSR count). The topological polar surface area (TPSA) is 29.5 Å². The van der Waals surface area contributed by atoms with E-state index in [1.54, 1.807) is 6.08 Å². The first-order valence-electron chi connectivity index (χ1n) is 3.88. The zero-order chi connectivity index (χ0) is 8.27. The summed E-state index contributed by atoms with van der Waals surface area (Å²) in [6.45, 7) is 3.82. The Kier molecular flexibility index (Phi) is 2.85. The highest BCUT2D eigenvalue weighted by molar-refractivity contribution is 5.08. The lowest BCUT2D eigenvalue weighted by Gasteiger charge is -2.24. The predicted molar refractivity (Wildman–Crippen MR) is 44.3 cm³/mol. The standard InChI is InChI=1S/C9H14O2/c1-3-4-8-5-6-9(10)7(2)11-8/h3-10H,1-2H3/b4-3+/t7-,8?,9-/m1/s1. The molecule has 2 nitrogen and oxygen atoms in total. The fourth-order valence-corrected chi connectivity index (χ4v) is 1.05. The van der Waals surface area contributed by atoms with Gasteiger partial charge in [-0.15, -0.1) is 0 Å². The Hall–Kier alpha value is -0.600. The molecule has 0 bridgehead atoms. The second kappa shape index (κ2) is 3.69. The summed E-state index contributed by atoms with van der Waals surface area (Å²) >= 11 is 0. The van der Waals surface area contributed by atoms with E-state index in [0.717, 1.165) is 0 Å². The normalized spacial score (nSPS) is 38.3. The van der Waals surface area contributed by atoms with Gasteiger partial charge in [-0.25, -0.2) is 0 Å². The van der Waals surface area contributed by atoms with Crippen LogP contribution in [0, 0.1) is 0 Å². The lowest BCUT2D eigenvalue weighted by atomic mass is 10.1. The van der Waals surface area contributed by atoms with Crippen molar-refractivity contribution in [1.82, 2.24) is 0 Å². The molecule has 62 valence electrons. The first kappa shape index (κ1) is 8.50. The number of allylic oxidation sites excluding steroid dienone is 1. The van der Waals surface area contributed by atoms with E-state index in [-0.39, 0.29) is 12.2 Å². The summed E-state index contributed by atoms with van der Waals surface area (Å²) in [4.78, 5) is 0. The lowest BCUT2D eigenvalue weighted by molar-refractivity contribution is -0.0292. The predicted octanol–water partition coefficient (Wildman–Crippen LogP) is 1.27. The molecule has 3 atom stereocenters. The SMILES string of the molecule is C/C=C/C1C=C[C@@H](O)[C@@H](C)O1. The van der Waals surface area contributed by atoms with Gasteiger partial charge >= 0.3 is 0 Å². The van der Waals surface area contributed by atoms with Crippen LogP contribution in [0.25, 0.3) is 0 Å². The minimum absolute atomic E-state index is 0.0402. The number of hydrogen-bond acceptors (Lipinski definition) is 2. The molecular formula is C9H14O2. The van der Waals surface area contributed by atoms with E-state index in [0.29, 0.717) is 0 Å². The minimum atomic E-state index is -0.448.